The first-order chi connectivity index (χ1) is 7.62. The smallest absolute Gasteiger partial charge is 0.241 e. The lowest BCUT2D eigenvalue weighted by molar-refractivity contribution is -0.113. The van der Waals surface area contributed by atoms with Crippen LogP contribution in [0, 0.1) is 5.41 Å². The SMILES string of the molecule is CCN(CC)CC1(/C=C\C(N)=O)CCCC1. The minimum absolute atomic E-state index is 0.195. The quantitative estimate of drug-likeness (QED) is 0.701. The number of amides is 1. The van der Waals surface area contributed by atoms with E-state index in [9.17, 15) is 4.79 Å². The van der Waals surface area contributed by atoms with Crippen molar-refractivity contribution < 1.29 is 4.79 Å². The van der Waals surface area contributed by atoms with Crippen molar-refractivity contribution in [2.24, 2.45) is 11.1 Å². The molecule has 0 bridgehead atoms. The Bertz CT molecular complexity index is 251. The van der Waals surface area contributed by atoms with Crippen LogP contribution in [0.5, 0.6) is 0 Å². The number of hydrogen-bond acceptors (Lipinski definition) is 2. The Kier molecular flexibility index (Phi) is 5.00. The first-order valence-corrected chi connectivity index (χ1v) is 6.33. The van der Waals surface area contributed by atoms with Gasteiger partial charge < -0.3 is 10.6 Å². The number of hydrogen-bond donors (Lipinski definition) is 1. The first-order valence-electron chi connectivity index (χ1n) is 6.33. The van der Waals surface area contributed by atoms with E-state index in [1.54, 1.807) is 6.08 Å². The molecule has 1 amide bonds. The molecule has 0 spiro atoms. The molecule has 92 valence electrons. The highest BCUT2D eigenvalue weighted by molar-refractivity contribution is 5.85. The average molecular weight is 224 g/mol. The van der Waals surface area contributed by atoms with Crippen molar-refractivity contribution in [3.63, 3.8) is 0 Å². The number of primary amides is 1. The Balaban J connectivity index is 2.68. The molecule has 1 rings (SSSR count). The third-order valence-electron chi connectivity index (χ3n) is 3.63. The Hall–Kier alpha value is -0.830. The van der Waals surface area contributed by atoms with Crippen LogP contribution in [0.2, 0.25) is 0 Å². The number of carbonyl (C=O) groups excluding carboxylic acids is 1. The Morgan fingerprint density at radius 2 is 1.88 bits per heavy atom. The summed E-state index contributed by atoms with van der Waals surface area (Å²) >= 11 is 0. The molecule has 0 aromatic heterocycles. The lowest BCUT2D eigenvalue weighted by Gasteiger charge is -2.32. The van der Waals surface area contributed by atoms with Crippen LogP contribution in [0.25, 0.3) is 0 Å². The van der Waals surface area contributed by atoms with Gasteiger partial charge in [-0.2, -0.15) is 0 Å². The van der Waals surface area contributed by atoms with Crippen LogP contribution in [0.1, 0.15) is 39.5 Å². The lowest BCUT2D eigenvalue weighted by atomic mass is 9.85. The predicted octanol–water partition coefficient (Wildman–Crippen LogP) is 1.93. The van der Waals surface area contributed by atoms with Gasteiger partial charge in [-0.15, -0.1) is 0 Å². The van der Waals surface area contributed by atoms with E-state index >= 15 is 0 Å². The second-order valence-corrected chi connectivity index (χ2v) is 4.77. The standard InChI is InChI=1S/C13H24N2O/c1-3-15(4-2)11-13(8-5-6-9-13)10-7-12(14)16/h7,10H,3-6,8-9,11H2,1-2H3,(H2,14,16)/b10-7-. The van der Waals surface area contributed by atoms with Crippen molar-refractivity contribution in [1.82, 2.24) is 4.90 Å². The Morgan fingerprint density at radius 1 is 1.31 bits per heavy atom. The molecular formula is C13H24N2O. The molecule has 3 heteroatoms. The van der Waals surface area contributed by atoms with Gasteiger partial charge in [0.1, 0.15) is 0 Å². The van der Waals surface area contributed by atoms with Crippen LogP contribution in [0.4, 0.5) is 0 Å². The summed E-state index contributed by atoms with van der Waals surface area (Å²) in [7, 11) is 0. The summed E-state index contributed by atoms with van der Waals surface area (Å²) in [4.78, 5) is 13.3. The molecule has 3 nitrogen and oxygen atoms in total. The fourth-order valence-electron chi connectivity index (χ4n) is 2.61. The molecule has 0 radical (unpaired) electrons. The third-order valence-corrected chi connectivity index (χ3v) is 3.63. The van der Waals surface area contributed by atoms with Gasteiger partial charge in [0.15, 0.2) is 0 Å². The molecule has 16 heavy (non-hydrogen) atoms. The van der Waals surface area contributed by atoms with Gasteiger partial charge in [0.05, 0.1) is 0 Å². The topological polar surface area (TPSA) is 46.3 Å². The van der Waals surface area contributed by atoms with Gasteiger partial charge in [-0.3, -0.25) is 4.79 Å². The van der Waals surface area contributed by atoms with Crippen LogP contribution in [0.3, 0.4) is 0 Å². The molecule has 0 heterocycles. The highest BCUT2D eigenvalue weighted by Gasteiger charge is 2.32. The summed E-state index contributed by atoms with van der Waals surface area (Å²) in [5, 5.41) is 0. The maximum Gasteiger partial charge on any atom is 0.241 e. The number of carbonyl (C=O) groups is 1. The van der Waals surface area contributed by atoms with E-state index in [4.69, 9.17) is 5.73 Å². The fraction of sp³-hybridized carbons (Fsp3) is 0.769. The van der Waals surface area contributed by atoms with Gasteiger partial charge in [-0.25, -0.2) is 0 Å². The summed E-state index contributed by atoms with van der Waals surface area (Å²) in [6.07, 6.45) is 8.52. The molecule has 1 aliphatic carbocycles. The van der Waals surface area contributed by atoms with Crippen LogP contribution in [0.15, 0.2) is 12.2 Å². The average Bonchev–Trinajstić information content (AvgIpc) is 2.72. The summed E-state index contributed by atoms with van der Waals surface area (Å²) in [6.45, 7) is 7.57. The van der Waals surface area contributed by atoms with Crippen LogP contribution < -0.4 is 5.73 Å². The normalized spacial score (nSPS) is 19.7. The van der Waals surface area contributed by atoms with E-state index in [0.29, 0.717) is 0 Å². The van der Waals surface area contributed by atoms with Crippen molar-refractivity contribution in [3.8, 4) is 0 Å². The highest BCUT2D eigenvalue weighted by atomic mass is 16.1. The van der Waals surface area contributed by atoms with E-state index in [2.05, 4.69) is 24.8 Å². The zero-order valence-corrected chi connectivity index (χ0v) is 10.5. The number of nitrogens with zero attached hydrogens (tertiary/aromatic N) is 1. The van der Waals surface area contributed by atoms with Crippen LogP contribution in [-0.2, 0) is 4.79 Å². The summed E-state index contributed by atoms with van der Waals surface area (Å²) < 4.78 is 0. The molecule has 0 aromatic carbocycles. The van der Waals surface area contributed by atoms with Crippen LogP contribution >= 0.6 is 0 Å². The van der Waals surface area contributed by atoms with Gasteiger partial charge in [-0.1, -0.05) is 32.8 Å². The van der Waals surface area contributed by atoms with Crippen LogP contribution in [-0.4, -0.2) is 30.4 Å². The zero-order chi connectivity index (χ0) is 12.0. The minimum atomic E-state index is -0.328. The van der Waals surface area contributed by atoms with Crippen molar-refractivity contribution in [2.45, 2.75) is 39.5 Å². The predicted molar refractivity (Wildman–Crippen MR) is 67.0 cm³/mol. The second kappa shape index (κ2) is 6.04. The van der Waals surface area contributed by atoms with Gasteiger partial charge >= 0.3 is 0 Å². The maximum absolute atomic E-state index is 10.8. The lowest BCUT2D eigenvalue weighted by Crippen LogP contribution is -2.35. The number of rotatable bonds is 6. The Labute approximate surface area is 98.7 Å². The van der Waals surface area contributed by atoms with Gasteiger partial charge in [-0.05, 0) is 32.0 Å². The summed E-state index contributed by atoms with van der Waals surface area (Å²) in [5.41, 5.74) is 5.38. The molecular weight excluding hydrogens is 200 g/mol. The molecule has 0 unspecified atom stereocenters. The monoisotopic (exact) mass is 224 g/mol. The van der Waals surface area contributed by atoms with Crippen molar-refractivity contribution in [1.29, 1.82) is 0 Å². The van der Waals surface area contributed by atoms with Crippen molar-refractivity contribution in [2.75, 3.05) is 19.6 Å². The van der Waals surface area contributed by atoms with Crippen molar-refractivity contribution in [3.05, 3.63) is 12.2 Å². The second-order valence-electron chi connectivity index (χ2n) is 4.77. The molecule has 1 fully saturated rings. The first kappa shape index (κ1) is 13.2. The molecule has 1 aliphatic rings. The van der Waals surface area contributed by atoms with Crippen molar-refractivity contribution >= 4 is 5.91 Å². The fourth-order valence-corrected chi connectivity index (χ4v) is 2.61. The van der Waals surface area contributed by atoms with E-state index in [-0.39, 0.29) is 11.3 Å². The summed E-state index contributed by atoms with van der Waals surface area (Å²) in [6, 6.07) is 0. The highest BCUT2D eigenvalue weighted by Crippen LogP contribution is 2.40. The molecule has 1 saturated carbocycles. The largest absolute Gasteiger partial charge is 0.366 e. The van der Waals surface area contributed by atoms with E-state index in [0.717, 1.165) is 19.6 Å². The maximum atomic E-state index is 10.8. The number of nitrogens with two attached hydrogens (primary N) is 1. The van der Waals surface area contributed by atoms with Gasteiger partial charge in [0.25, 0.3) is 0 Å². The molecule has 0 saturated heterocycles. The van der Waals surface area contributed by atoms with E-state index < -0.39 is 0 Å². The molecule has 0 atom stereocenters. The van der Waals surface area contributed by atoms with Gasteiger partial charge in [0.2, 0.25) is 5.91 Å². The molecule has 2 N–H and O–H groups in total. The Morgan fingerprint density at radius 3 is 2.31 bits per heavy atom. The summed E-state index contributed by atoms with van der Waals surface area (Å²) in [5.74, 6) is -0.328. The third kappa shape index (κ3) is 3.63. The van der Waals surface area contributed by atoms with Gasteiger partial charge in [0, 0.05) is 12.0 Å². The zero-order valence-electron chi connectivity index (χ0n) is 10.5. The van der Waals surface area contributed by atoms with E-state index in [1.807, 2.05) is 0 Å². The molecule has 0 aromatic rings. The van der Waals surface area contributed by atoms with E-state index in [1.165, 1.54) is 25.7 Å². The minimum Gasteiger partial charge on any atom is -0.366 e. The molecule has 0 aliphatic heterocycles.